The number of alkyl halides is 3. The van der Waals surface area contributed by atoms with Gasteiger partial charge in [0, 0.05) is 25.5 Å². The first-order valence-corrected chi connectivity index (χ1v) is 9.01. The molecular weight excluding hydrogens is 403 g/mol. The molecule has 1 amide bonds. The van der Waals surface area contributed by atoms with Crippen LogP contribution in [0.3, 0.4) is 0 Å². The molecule has 8 heteroatoms. The topological polar surface area (TPSA) is 46.9 Å². The first kappa shape index (κ1) is 20.7. The van der Waals surface area contributed by atoms with Gasteiger partial charge in [-0.15, -0.1) is 0 Å². The average molecular weight is 420 g/mol. The van der Waals surface area contributed by atoms with Crippen LogP contribution in [0.5, 0.6) is 0 Å². The zero-order chi connectivity index (χ0) is 21.0. The Balaban J connectivity index is 1.82. The number of halogens is 4. The van der Waals surface area contributed by atoms with Crippen LogP contribution in [0.15, 0.2) is 67.0 Å². The molecule has 2 aromatic carbocycles. The summed E-state index contributed by atoms with van der Waals surface area (Å²) in [5.74, 6) is 0.161. The molecule has 0 bridgehead atoms. The second-order valence-electron chi connectivity index (χ2n) is 6.32. The maximum atomic E-state index is 13.0. The summed E-state index contributed by atoms with van der Waals surface area (Å²) in [4.78, 5) is 16.8. The third kappa shape index (κ3) is 5.06. The van der Waals surface area contributed by atoms with Crippen molar-refractivity contribution in [1.29, 1.82) is 0 Å². The highest BCUT2D eigenvalue weighted by Crippen LogP contribution is 2.35. The van der Waals surface area contributed by atoms with E-state index in [-0.39, 0.29) is 5.56 Å². The number of carbonyl (C=O) groups is 1. The summed E-state index contributed by atoms with van der Waals surface area (Å²) in [5, 5.41) is 2.45. The largest absolute Gasteiger partial charge is 0.417 e. The molecule has 0 aliphatic heterocycles. The molecule has 3 aromatic rings. The normalized spacial score (nSPS) is 12.9. The molecular formula is C21H17ClF3N3O. The molecule has 0 saturated heterocycles. The number of hydrogen-bond donors (Lipinski definition) is 1. The van der Waals surface area contributed by atoms with Gasteiger partial charge in [-0.05, 0) is 29.3 Å². The molecule has 1 atom stereocenters. The van der Waals surface area contributed by atoms with Gasteiger partial charge in [-0.2, -0.15) is 13.2 Å². The fourth-order valence-electron chi connectivity index (χ4n) is 2.82. The minimum Gasteiger partial charge on any atom is -0.339 e. The second-order valence-corrected chi connectivity index (χ2v) is 6.73. The molecule has 0 aliphatic carbocycles. The fourth-order valence-corrected chi connectivity index (χ4v) is 3.05. The van der Waals surface area contributed by atoms with Gasteiger partial charge in [-0.1, -0.05) is 48.0 Å². The van der Waals surface area contributed by atoms with Gasteiger partial charge in [0.15, 0.2) is 0 Å². The number of rotatable bonds is 5. The molecule has 1 N–H and O–H groups in total. The van der Waals surface area contributed by atoms with E-state index < -0.39 is 28.7 Å². The van der Waals surface area contributed by atoms with Crippen LogP contribution in [0.4, 0.5) is 13.2 Å². The summed E-state index contributed by atoms with van der Waals surface area (Å²) in [6, 6.07) is 12.2. The monoisotopic (exact) mass is 419 g/mol. The van der Waals surface area contributed by atoms with E-state index in [0.717, 1.165) is 17.7 Å². The number of carbonyl (C=O) groups excluding carboxylic acids is 1. The van der Waals surface area contributed by atoms with Crippen LogP contribution in [0.1, 0.15) is 28.6 Å². The standard InChI is InChI=1S/C21H17ClF3N3O/c1-28-12-11-26-20(28)19(15-5-3-2-4-6-15)27-18(29)10-8-14-7-9-17(22)16(13-14)21(23,24)25/h2-13,19H,1H3,(H,27,29)/b10-8+. The highest BCUT2D eigenvalue weighted by molar-refractivity contribution is 6.31. The van der Waals surface area contributed by atoms with Crippen molar-refractivity contribution >= 4 is 23.6 Å². The lowest BCUT2D eigenvalue weighted by Crippen LogP contribution is -2.29. The first-order chi connectivity index (χ1) is 13.8. The second kappa shape index (κ2) is 8.53. The van der Waals surface area contributed by atoms with Gasteiger partial charge >= 0.3 is 6.18 Å². The Kier molecular flexibility index (Phi) is 6.08. The lowest BCUT2D eigenvalue weighted by Gasteiger charge is -2.18. The van der Waals surface area contributed by atoms with Gasteiger partial charge < -0.3 is 9.88 Å². The zero-order valence-electron chi connectivity index (χ0n) is 15.3. The third-order valence-corrected chi connectivity index (χ3v) is 4.59. The summed E-state index contributed by atoms with van der Waals surface area (Å²) in [5.41, 5.74) is 0.0939. The number of hydrogen-bond acceptors (Lipinski definition) is 2. The molecule has 0 spiro atoms. The minimum absolute atomic E-state index is 0.213. The van der Waals surface area contributed by atoms with Gasteiger partial charge in [-0.3, -0.25) is 4.79 Å². The molecule has 0 aliphatic rings. The average Bonchev–Trinajstić information content (AvgIpc) is 3.11. The summed E-state index contributed by atoms with van der Waals surface area (Å²) >= 11 is 5.62. The van der Waals surface area contributed by atoms with Crippen LogP contribution < -0.4 is 5.32 Å². The van der Waals surface area contributed by atoms with Gasteiger partial charge in [0.1, 0.15) is 11.9 Å². The number of aromatic nitrogens is 2. The van der Waals surface area contributed by atoms with Crippen molar-refractivity contribution < 1.29 is 18.0 Å². The van der Waals surface area contributed by atoms with Crippen LogP contribution in [-0.2, 0) is 18.0 Å². The van der Waals surface area contributed by atoms with Gasteiger partial charge in [0.2, 0.25) is 5.91 Å². The molecule has 4 nitrogen and oxygen atoms in total. The van der Waals surface area contributed by atoms with E-state index in [1.165, 1.54) is 18.2 Å². The Hall–Kier alpha value is -3.06. The highest BCUT2D eigenvalue weighted by atomic mass is 35.5. The van der Waals surface area contributed by atoms with Gasteiger partial charge in [-0.25, -0.2) is 4.98 Å². The predicted octanol–water partition coefficient (Wildman–Crippen LogP) is 5.01. The van der Waals surface area contributed by atoms with E-state index in [1.54, 1.807) is 17.0 Å². The summed E-state index contributed by atoms with van der Waals surface area (Å²) in [6.07, 6.45) is 1.31. The van der Waals surface area contributed by atoms with Crippen LogP contribution in [0, 0.1) is 0 Å². The van der Waals surface area contributed by atoms with E-state index in [0.29, 0.717) is 5.82 Å². The minimum atomic E-state index is -4.57. The fraction of sp³-hybridized carbons (Fsp3) is 0.143. The van der Waals surface area contributed by atoms with Crippen molar-refractivity contribution in [3.8, 4) is 0 Å². The van der Waals surface area contributed by atoms with Crippen molar-refractivity contribution in [2.24, 2.45) is 7.05 Å². The van der Waals surface area contributed by atoms with Crippen molar-refractivity contribution in [3.05, 3.63) is 94.5 Å². The maximum Gasteiger partial charge on any atom is 0.417 e. The van der Waals surface area contributed by atoms with Crippen molar-refractivity contribution in [2.45, 2.75) is 12.2 Å². The van der Waals surface area contributed by atoms with Crippen molar-refractivity contribution in [1.82, 2.24) is 14.9 Å². The van der Waals surface area contributed by atoms with Crippen molar-refractivity contribution in [3.63, 3.8) is 0 Å². The quantitative estimate of drug-likeness (QED) is 0.591. The van der Waals surface area contributed by atoms with E-state index in [9.17, 15) is 18.0 Å². The smallest absolute Gasteiger partial charge is 0.339 e. The van der Waals surface area contributed by atoms with E-state index in [1.807, 2.05) is 37.4 Å². The number of amides is 1. The summed E-state index contributed by atoms with van der Waals surface area (Å²) < 4.78 is 40.7. The lowest BCUT2D eigenvalue weighted by molar-refractivity contribution is -0.137. The number of aryl methyl sites for hydroxylation is 1. The Labute approximate surface area is 170 Å². The van der Waals surface area contributed by atoms with Gasteiger partial charge in [0.05, 0.1) is 10.6 Å². The Bertz CT molecular complexity index is 1030. The summed E-state index contributed by atoms with van der Waals surface area (Å²) in [7, 11) is 1.81. The van der Waals surface area contributed by atoms with E-state index in [4.69, 9.17) is 11.6 Å². The number of imidazole rings is 1. The molecule has 150 valence electrons. The Morgan fingerprint density at radius 2 is 1.93 bits per heavy atom. The van der Waals surface area contributed by atoms with Crippen LogP contribution in [0.25, 0.3) is 6.08 Å². The molecule has 1 unspecified atom stereocenters. The zero-order valence-corrected chi connectivity index (χ0v) is 16.1. The molecule has 0 fully saturated rings. The Morgan fingerprint density at radius 1 is 1.21 bits per heavy atom. The number of benzene rings is 2. The predicted molar refractivity (Wildman–Crippen MR) is 105 cm³/mol. The molecule has 0 saturated carbocycles. The Morgan fingerprint density at radius 3 is 2.55 bits per heavy atom. The SMILES string of the molecule is Cn1ccnc1C(NC(=O)/C=C/c1ccc(Cl)c(C(F)(F)F)c1)c1ccccc1. The highest BCUT2D eigenvalue weighted by Gasteiger charge is 2.33. The van der Waals surface area contributed by atoms with E-state index in [2.05, 4.69) is 10.3 Å². The maximum absolute atomic E-state index is 13.0. The van der Waals surface area contributed by atoms with Crippen LogP contribution in [-0.4, -0.2) is 15.5 Å². The van der Waals surface area contributed by atoms with Crippen LogP contribution >= 0.6 is 11.6 Å². The molecule has 1 aromatic heterocycles. The number of nitrogens with zero attached hydrogens (tertiary/aromatic N) is 2. The van der Waals surface area contributed by atoms with Crippen LogP contribution in [0.2, 0.25) is 5.02 Å². The molecule has 1 heterocycles. The van der Waals surface area contributed by atoms with Crippen molar-refractivity contribution in [2.75, 3.05) is 0 Å². The first-order valence-electron chi connectivity index (χ1n) is 8.63. The molecule has 3 rings (SSSR count). The number of nitrogens with one attached hydrogen (secondary N) is 1. The van der Waals surface area contributed by atoms with E-state index >= 15 is 0 Å². The third-order valence-electron chi connectivity index (χ3n) is 4.26. The molecule has 0 radical (unpaired) electrons. The summed E-state index contributed by atoms with van der Waals surface area (Å²) in [6.45, 7) is 0. The lowest BCUT2D eigenvalue weighted by atomic mass is 10.1. The molecule has 29 heavy (non-hydrogen) atoms. The van der Waals surface area contributed by atoms with Gasteiger partial charge in [0.25, 0.3) is 0 Å².